The van der Waals surface area contributed by atoms with Crippen LogP contribution < -0.4 is 20.6 Å². The van der Waals surface area contributed by atoms with Gasteiger partial charge in [-0.25, -0.2) is 5.43 Å². The molecule has 0 saturated carbocycles. The average molecular weight is 383 g/mol. The van der Waals surface area contributed by atoms with E-state index in [4.69, 9.17) is 4.74 Å². The Balaban J connectivity index is 1.91. The van der Waals surface area contributed by atoms with Gasteiger partial charge in [-0.15, -0.1) is 0 Å². The molecule has 28 heavy (non-hydrogen) atoms. The van der Waals surface area contributed by atoms with Crippen molar-refractivity contribution in [3.05, 3.63) is 70.8 Å². The van der Waals surface area contributed by atoms with Gasteiger partial charge in [0.05, 0.1) is 11.1 Å². The third-order valence-corrected chi connectivity index (χ3v) is 3.25. The largest absolute Gasteiger partial charge is 0.868 e. The second kappa shape index (κ2) is 9.48. The summed E-state index contributed by atoms with van der Waals surface area (Å²) in [5.74, 6) is -2.17. The number of nitro groups is 1. The second-order valence-corrected chi connectivity index (χ2v) is 5.26. The van der Waals surface area contributed by atoms with E-state index in [1.54, 1.807) is 30.3 Å². The Morgan fingerprint density at radius 2 is 1.89 bits per heavy atom. The summed E-state index contributed by atoms with van der Waals surface area (Å²) in [6, 6.07) is 9.64. The molecule has 0 aliphatic rings. The van der Waals surface area contributed by atoms with E-state index in [0.717, 1.165) is 18.3 Å². The molecule has 0 fully saturated rings. The molecular formula is C18H15N4O6-. The minimum absolute atomic E-state index is 0.210. The summed E-state index contributed by atoms with van der Waals surface area (Å²) in [5.41, 5.74) is 1.95. The van der Waals surface area contributed by atoms with Crippen LogP contribution in [-0.4, -0.2) is 29.6 Å². The number of benzene rings is 2. The van der Waals surface area contributed by atoms with Gasteiger partial charge in [0.2, 0.25) is 0 Å². The third-order valence-electron chi connectivity index (χ3n) is 3.25. The minimum atomic E-state index is -1.04. The molecule has 2 aromatic carbocycles. The molecule has 144 valence electrons. The van der Waals surface area contributed by atoms with E-state index in [1.165, 1.54) is 6.07 Å². The number of ether oxygens (including phenoxy) is 1. The Labute approximate surface area is 159 Å². The van der Waals surface area contributed by atoms with E-state index in [2.05, 4.69) is 17.0 Å². The Morgan fingerprint density at radius 1 is 1.18 bits per heavy atom. The first-order valence-corrected chi connectivity index (χ1v) is 7.84. The van der Waals surface area contributed by atoms with Crippen molar-refractivity contribution in [3.8, 4) is 11.5 Å². The highest BCUT2D eigenvalue weighted by molar-refractivity contribution is 6.39. The molecule has 2 rings (SSSR count). The number of hydrogen-bond donors (Lipinski definition) is 2. The topological polar surface area (TPSA) is 146 Å². The van der Waals surface area contributed by atoms with Crippen molar-refractivity contribution in [1.82, 2.24) is 5.43 Å². The highest BCUT2D eigenvalue weighted by Gasteiger charge is 2.13. The van der Waals surface area contributed by atoms with Crippen molar-refractivity contribution in [3.63, 3.8) is 0 Å². The van der Waals surface area contributed by atoms with Gasteiger partial charge in [0.1, 0.15) is 12.4 Å². The van der Waals surface area contributed by atoms with E-state index in [9.17, 15) is 24.8 Å². The molecule has 0 aliphatic heterocycles. The van der Waals surface area contributed by atoms with Crippen LogP contribution in [0.25, 0.3) is 0 Å². The van der Waals surface area contributed by atoms with Gasteiger partial charge in [-0.2, -0.15) is 5.10 Å². The summed E-state index contributed by atoms with van der Waals surface area (Å²) in [7, 11) is 0. The first kappa shape index (κ1) is 20.1. The van der Waals surface area contributed by atoms with Crippen LogP contribution in [-0.2, 0) is 9.59 Å². The predicted octanol–water partition coefficient (Wildman–Crippen LogP) is 1.32. The SMILES string of the molecule is C=CCOc1ccc(NC(=O)C(=O)N/N=C\c2ccc([O-])c([N+](=O)[O-])c2)cc1. The standard InChI is InChI=1S/C18H16N4O6/c1-2-9-28-14-6-4-13(5-7-14)20-17(24)18(25)21-19-11-12-3-8-16(23)15(10-12)22(26)27/h2-8,10-11,23H,1,9H2,(H,20,24)(H,21,25)/p-1/b19-11-. The molecule has 0 atom stereocenters. The van der Waals surface area contributed by atoms with Crippen molar-refractivity contribution in [1.29, 1.82) is 0 Å². The lowest BCUT2D eigenvalue weighted by atomic mass is 10.2. The van der Waals surface area contributed by atoms with Crippen LogP contribution in [0.5, 0.6) is 11.5 Å². The van der Waals surface area contributed by atoms with E-state index in [1.807, 2.05) is 5.43 Å². The van der Waals surface area contributed by atoms with Gasteiger partial charge in [0.25, 0.3) is 5.69 Å². The minimum Gasteiger partial charge on any atom is -0.868 e. The fraction of sp³-hybridized carbons (Fsp3) is 0.0556. The number of amides is 2. The van der Waals surface area contributed by atoms with Crippen molar-refractivity contribution >= 4 is 29.4 Å². The van der Waals surface area contributed by atoms with Gasteiger partial charge in [-0.1, -0.05) is 24.8 Å². The molecule has 0 aromatic heterocycles. The lowest BCUT2D eigenvalue weighted by molar-refractivity contribution is -0.398. The predicted molar refractivity (Wildman–Crippen MR) is 99.0 cm³/mol. The molecule has 0 bridgehead atoms. The molecule has 0 aliphatic carbocycles. The Bertz CT molecular complexity index is 924. The molecule has 2 N–H and O–H groups in total. The van der Waals surface area contributed by atoms with Crippen LogP contribution in [0.1, 0.15) is 5.56 Å². The molecule has 0 heterocycles. The maximum atomic E-state index is 11.8. The van der Waals surface area contributed by atoms with Crippen LogP contribution >= 0.6 is 0 Å². The second-order valence-electron chi connectivity index (χ2n) is 5.26. The maximum absolute atomic E-state index is 11.8. The number of hydrogen-bond acceptors (Lipinski definition) is 7. The van der Waals surface area contributed by atoms with Crippen molar-refractivity contribution in [2.24, 2.45) is 5.10 Å². The number of carbonyl (C=O) groups excluding carboxylic acids is 2. The number of nitro benzene ring substituents is 1. The number of hydrazone groups is 1. The van der Waals surface area contributed by atoms with Crippen LogP contribution in [0, 0.1) is 10.1 Å². The molecule has 10 nitrogen and oxygen atoms in total. The highest BCUT2D eigenvalue weighted by atomic mass is 16.6. The quantitative estimate of drug-likeness (QED) is 0.242. The summed E-state index contributed by atoms with van der Waals surface area (Å²) in [4.78, 5) is 33.5. The highest BCUT2D eigenvalue weighted by Crippen LogP contribution is 2.22. The first-order valence-electron chi connectivity index (χ1n) is 7.84. The summed E-state index contributed by atoms with van der Waals surface area (Å²) in [6.45, 7) is 3.87. The molecule has 2 amide bonds. The van der Waals surface area contributed by atoms with E-state index in [-0.39, 0.29) is 5.56 Å². The van der Waals surface area contributed by atoms with E-state index < -0.39 is 28.2 Å². The normalized spacial score (nSPS) is 10.3. The van der Waals surface area contributed by atoms with E-state index >= 15 is 0 Å². The van der Waals surface area contributed by atoms with Gasteiger partial charge in [-0.05, 0) is 30.0 Å². The van der Waals surface area contributed by atoms with Gasteiger partial charge >= 0.3 is 11.8 Å². The monoisotopic (exact) mass is 383 g/mol. The van der Waals surface area contributed by atoms with Gasteiger partial charge in [-0.3, -0.25) is 19.7 Å². The summed E-state index contributed by atoms with van der Waals surface area (Å²) in [6.07, 6.45) is 2.66. The zero-order valence-electron chi connectivity index (χ0n) is 14.5. The van der Waals surface area contributed by atoms with Crippen molar-refractivity contribution in [2.75, 3.05) is 11.9 Å². The summed E-state index contributed by atoms with van der Waals surface area (Å²) < 4.78 is 5.30. The smallest absolute Gasteiger partial charge is 0.329 e. The number of carbonyl (C=O) groups is 2. The molecule has 0 unspecified atom stereocenters. The van der Waals surface area contributed by atoms with Crippen LogP contribution in [0.2, 0.25) is 0 Å². The zero-order chi connectivity index (χ0) is 20.5. The fourth-order valence-corrected chi connectivity index (χ4v) is 1.95. The Kier molecular flexibility index (Phi) is 6.81. The van der Waals surface area contributed by atoms with Gasteiger partial charge in [0, 0.05) is 17.3 Å². The van der Waals surface area contributed by atoms with E-state index in [0.29, 0.717) is 18.0 Å². The Morgan fingerprint density at radius 3 is 2.54 bits per heavy atom. The Hall–Kier alpha value is -4.21. The maximum Gasteiger partial charge on any atom is 0.329 e. The van der Waals surface area contributed by atoms with Crippen molar-refractivity contribution in [2.45, 2.75) is 0 Å². The molecule has 10 heteroatoms. The number of nitrogens with one attached hydrogen (secondary N) is 2. The lowest BCUT2D eigenvalue weighted by Gasteiger charge is -2.07. The fourth-order valence-electron chi connectivity index (χ4n) is 1.95. The van der Waals surface area contributed by atoms with Crippen LogP contribution in [0.3, 0.4) is 0 Å². The lowest BCUT2D eigenvalue weighted by Crippen LogP contribution is -2.32. The average Bonchev–Trinajstić information content (AvgIpc) is 2.68. The summed E-state index contributed by atoms with van der Waals surface area (Å²) in [5, 5.41) is 27.9. The molecule has 0 radical (unpaired) electrons. The molecular weight excluding hydrogens is 368 g/mol. The van der Waals surface area contributed by atoms with Gasteiger partial charge in [0.15, 0.2) is 0 Å². The number of rotatable bonds is 7. The van der Waals surface area contributed by atoms with Crippen LogP contribution in [0.15, 0.2) is 60.2 Å². The number of nitrogens with zero attached hydrogens (tertiary/aromatic N) is 2. The van der Waals surface area contributed by atoms with Crippen molar-refractivity contribution < 1.29 is 24.4 Å². The molecule has 0 saturated heterocycles. The van der Waals surface area contributed by atoms with Gasteiger partial charge < -0.3 is 15.2 Å². The number of anilines is 1. The third kappa shape index (κ3) is 5.66. The van der Waals surface area contributed by atoms with Crippen LogP contribution in [0.4, 0.5) is 11.4 Å². The zero-order valence-corrected chi connectivity index (χ0v) is 14.5. The molecule has 0 spiro atoms. The first-order chi connectivity index (χ1) is 13.4. The summed E-state index contributed by atoms with van der Waals surface area (Å²) >= 11 is 0. The molecule has 2 aromatic rings.